The molecule has 30 heavy (non-hydrogen) atoms. The van der Waals surface area contributed by atoms with Gasteiger partial charge in [-0.05, 0) is 29.7 Å². The van der Waals surface area contributed by atoms with Crippen LogP contribution in [0.5, 0.6) is 0 Å². The highest BCUT2D eigenvalue weighted by molar-refractivity contribution is 6.31. The van der Waals surface area contributed by atoms with Crippen LogP contribution in [-0.4, -0.2) is 9.78 Å². The topological polar surface area (TPSA) is 17.8 Å². The van der Waals surface area contributed by atoms with Gasteiger partial charge in [-0.1, -0.05) is 90.5 Å². The van der Waals surface area contributed by atoms with Gasteiger partial charge in [0.25, 0.3) is 0 Å². The summed E-state index contributed by atoms with van der Waals surface area (Å²) < 4.78 is 42.3. The number of benzene rings is 3. The predicted molar refractivity (Wildman–Crippen MR) is 112 cm³/mol. The summed E-state index contributed by atoms with van der Waals surface area (Å²) in [7, 11) is 0. The Kier molecular flexibility index (Phi) is 5.16. The molecule has 1 heterocycles. The number of alkyl halides is 3. The van der Waals surface area contributed by atoms with Gasteiger partial charge in [0.15, 0.2) is 5.69 Å². The molecule has 4 aromatic rings. The normalized spacial score (nSPS) is 12.2. The van der Waals surface area contributed by atoms with Crippen molar-refractivity contribution in [3.05, 3.63) is 124 Å². The Morgan fingerprint density at radius 3 is 1.73 bits per heavy atom. The van der Waals surface area contributed by atoms with E-state index in [0.29, 0.717) is 10.6 Å². The van der Waals surface area contributed by atoms with Gasteiger partial charge >= 0.3 is 6.18 Å². The Bertz CT molecular complexity index is 1110. The van der Waals surface area contributed by atoms with Gasteiger partial charge in [0.1, 0.15) is 5.54 Å². The average molecular weight is 427 g/mol. The summed E-state index contributed by atoms with van der Waals surface area (Å²) in [5, 5.41) is 4.49. The molecule has 0 fully saturated rings. The van der Waals surface area contributed by atoms with Crippen LogP contribution in [0.25, 0.3) is 0 Å². The molecular weight excluding hydrogens is 409 g/mol. The Morgan fingerprint density at radius 1 is 0.767 bits per heavy atom. The fourth-order valence-electron chi connectivity index (χ4n) is 3.89. The van der Waals surface area contributed by atoms with Crippen molar-refractivity contribution < 1.29 is 13.2 Å². The highest BCUT2D eigenvalue weighted by Crippen LogP contribution is 2.44. The van der Waals surface area contributed by atoms with Crippen molar-refractivity contribution in [2.45, 2.75) is 18.6 Å². The summed E-state index contributed by atoms with van der Waals surface area (Å²) in [4.78, 5) is 0. The second-order valence-electron chi connectivity index (χ2n) is 7.03. The average Bonchev–Trinajstić information content (AvgIpc) is 3.14. The summed E-state index contributed by atoms with van der Waals surface area (Å²) >= 11 is 6.63. The van der Waals surface area contributed by atoms with E-state index in [1.54, 1.807) is 12.1 Å². The quantitative estimate of drug-likeness (QED) is 0.332. The number of rotatable bonds is 4. The third kappa shape index (κ3) is 3.29. The maximum atomic E-state index is 13.6. The first-order valence-electron chi connectivity index (χ1n) is 9.35. The van der Waals surface area contributed by atoms with Crippen molar-refractivity contribution in [3.63, 3.8) is 0 Å². The first kappa shape index (κ1) is 20.2. The van der Waals surface area contributed by atoms with E-state index in [4.69, 9.17) is 11.6 Å². The molecule has 0 atom stereocenters. The molecule has 6 heteroatoms. The summed E-state index contributed by atoms with van der Waals surface area (Å²) in [5.41, 5.74) is 0.0905. The van der Waals surface area contributed by atoms with Gasteiger partial charge in [-0.25, -0.2) is 0 Å². The molecule has 3 aromatic carbocycles. The fraction of sp³-hybridized carbons (Fsp3) is 0.125. The second-order valence-corrected chi connectivity index (χ2v) is 7.43. The van der Waals surface area contributed by atoms with Crippen LogP contribution in [0.3, 0.4) is 0 Å². The maximum Gasteiger partial charge on any atom is 0.435 e. The SMILES string of the molecule is Cc1cn(C(c2ccccc2)(c2ccccc2)c2ccccc2Cl)nc1C(F)(F)F. The van der Waals surface area contributed by atoms with E-state index in [0.717, 1.165) is 11.1 Å². The molecule has 2 nitrogen and oxygen atoms in total. The Labute approximate surface area is 177 Å². The molecule has 0 saturated heterocycles. The van der Waals surface area contributed by atoms with Crippen molar-refractivity contribution >= 4 is 11.6 Å². The second kappa shape index (κ2) is 7.65. The molecular formula is C24H18ClF3N2. The Hall–Kier alpha value is -3.05. The van der Waals surface area contributed by atoms with E-state index in [9.17, 15) is 13.2 Å². The summed E-state index contributed by atoms with van der Waals surface area (Å²) in [6.07, 6.45) is -3.12. The Morgan fingerprint density at radius 2 is 1.27 bits per heavy atom. The van der Waals surface area contributed by atoms with Crippen LogP contribution in [0.1, 0.15) is 27.9 Å². The zero-order chi connectivity index (χ0) is 21.4. The monoisotopic (exact) mass is 426 g/mol. The molecule has 0 saturated carbocycles. The molecule has 152 valence electrons. The molecule has 0 unspecified atom stereocenters. The molecule has 4 rings (SSSR count). The smallest absolute Gasteiger partial charge is 0.252 e. The van der Waals surface area contributed by atoms with E-state index in [-0.39, 0.29) is 5.56 Å². The van der Waals surface area contributed by atoms with Crippen molar-refractivity contribution in [1.29, 1.82) is 0 Å². The first-order valence-corrected chi connectivity index (χ1v) is 9.73. The van der Waals surface area contributed by atoms with Crippen molar-refractivity contribution in [2.75, 3.05) is 0 Å². The highest BCUT2D eigenvalue weighted by Gasteiger charge is 2.44. The standard InChI is InChI=1S/C24H18ClF3N2/c1-17-16-30(29-22(17)24(26,27)28)23(18-10-4-2-5-11-18,19-12-6-3-7-13-19)20-14-8-9-15-21(20)25/h2-16H,1H3. The van der Waals surface area contributed by atoms with Crippen LogP contribution in [0.4, 0.5) is 13.2 Å². The molecule has 0 spiro atoms. The van der Waals surface area contributed by atoms with Gasteiger partial charge < -0.3 is 0 Å². The Balaban J connectivity index is 2.16. The van der Waals surface area contributed by atoms with Gasteiger partial charge in [0.2, 0.25) is 0 Å². The van der Waals surface area contributed by atoms with Crippen LogP contribution in [0.2, 0.25) is 5.02 Å². The minimum Gasteiger partial charge on any atom is -0.252 e. The van der Waals surface area contributed by atoms with E-state index in [1.165, 1.54) is 17.8 Å². The third-order valence-electron chi connectivity index (χ3n) is 5.16. The minimum absolute atomic E-state index is 0.0470. The van der Waals surface area contributed by atoms with Crippen molar-refractivity contribution in [2.24, 2.45) is 0 Å². The van der Waals surface area contributed by atoms with E-state index in [2.05, 4.69) is 5.10 Å². The summed E-state index contributed by atoms with van der Waals surface area (Å²) in [6, 6.07) is 25.8. The molecule has 0 aliphatic carbocycles. The number of nitrogens with zero attached hydrogens (tertiary/aromatic N) is 2. The van der Waals surface area contributed by atoms with Gasteiger partial charge in [-0.15, -0.1) is 0 Å². The zero-order valence-corrected chi connectivity index (χ0v) is 16.8. The van der Waals surface area contributed by atoms with Crippen LogP contribution in [-0.2, 0) is 11.7 Å². The lowest BCUT2D eigenvalue weighted by molar-refractivity contribution is -0.142. The maximum absolute atomic E-state index is 13.6. The van der Waals surface area contributed by atoms with Crippen molar-refractivity contribution in [1.82, 2.24) is 9.78 Å². The molecule has 0 radical (unpaired) electrons. The third-order valence-corrected chi connectivity index (χ3v) is 5.49. The van der Waals surface area contributed by atoms with Gasteiger partial charge in [0.05, 0.1) is 0 Å². The van der Waals surface area contributed by atoms with Crippen LogP contribution in [0.15, 0.2) is 91.1 Å². The van der Waals surface area contributed by atoms with E-state index < -0.39 is 17.4 Å². The number of halogens is 4. The summed E-state index contributed by atoms with van der Waals surface area (Å²) in [6.45, 7) is 1.42. The minimum atomic E-state index is -4.56. The molecule has 0 amide bonds. The zero-order valence-electron chi connectivity index (χ0n) is 16.1. The van der Waals surface area contributed by atoms with E-state index in [1.807, 2.05) is 72.8 Å². The fourth-order valence-corrected chi connectivity index (χ4v) is 4.16. The van der Waals surface area contributed by atoms with Gasteiger partial charge in [-0.3, -0.25) is 4.68 Å². The van der Waals surface area contributed by atoms with Crippen LogP contribution < -0.4 is 0 Å². The van der Waals surface area contributed by atoms with Crippen LogP contribution in [0, 0.1) is 6.92 Å². The molecule has 0 bridgehead atoms. The van der Waals surface area contributed by atoms with Crippen molar-refractivity contribution in [3.8, 4) is 0 Å². The van der Waals surface area contributed by atoms with Gasteiger partial charge in [-0.2, -0.15) is 18.3 Å². The van der Waals surface area contributed by atoms with Gasteiger partial charge in [0, 0.05) is 16.8 Å². The number of hydrogen-bond donors (Lipinski definition) is 0. The lowest BCUT2D eigenvalue weighted by atomic mass is 9.77. The lowest BCUT2D eigenvalue weighted by Crippen LogP contribution is -2.38. The molecule has 0 aliphatic rings. The molecule has 0 aliphatic heterocycles. The summed E-state index contributed by atoms with van der Waals surface area (Å²) in [5.74, 6) is 0. The predicted octanol–water partition coefficient (Wildman–Crippen LogP) is 6.70. The first-order chi connectivity index (χ1) is 14.3. The van der Waals surface area contributed by atoms with E-state index >= 15 is 0 Å². The number of aromatic nitrogens is 2. The number of hydrogen-bond acceptors (Lipinski definition) is 1. The highest BCUT2D eigenvalue weighted by atomic mass is 35.5. The molecule has 0 N–H and O–H groups in total. The van der Waals surface area contributed by atoms with Crippen LogP contribution >= 0.6 is 11.6 Å². The largest absolute Gasteiger partial charge is 0.435 e. The lowest BCUT2D eigenvalue weighted by Gasteiger charge is -2.37. The number of aryl methyl sites for hydroxylation is 1. The molecule has 1 aromatic heterocycles.